The van der Waals surface area contributed by atoms with E-state index in [1.54, 1.807) is 6.20 Å². The van der Waals surface area contributed by atoms with Crippen LogP contribution in [0.1, 0.15) is 26.7 Å². The van der Waals surface area contributed by atoms with Crippen LogP contribution >= 0.6 is 0 Å². The lowest BCUT2D eigenvalue weighted by Gasteiger charge is -2.23. The minimum atomic E-state index is 0.233. The van der Waals surface area contributed by atoms with Crippen molar-refractivity contribution in [3.8, 4) is 11.3 Å². The van der Waals surface area contributed by atoms with Crippen LogP contribution in [-0.2, 0) is 0 Å². The van der Waals surface area contributed by atoms with E-state index in [9.17, 15) is 0 Å². The second kappa shape index (κ2) is 7.21. The highest BCUT2D eigenvalue weighted by Gasteiger charge is 2.16. The predicted octanol–water partition coefficient (Wildman–Crippen LogP) is 3.30. The average molecular weight is 322 g/mol. The highest BCUT2D eigenvalue weighted by molar-refractivity contribution is 5.85. The summed E-state index contributed by atoms with van der Waals surface area (Å²) in [5.41, 5.74) is 8.96. The molecule has 0 amide bonds. The lowest BCUT2D eigenvalue weighted by atomic mass is 10.1. The molecule has 0 saturated heterocycles. The molecule has 3 rings (SSSR count). The number of hydrogen-bond donors (Lipinski definition) is 1. The molecule has 6 heteroatoms. The van der Waals surface area contributed by atoms with E-state index >= 15 is 0 Å². The normalized spacial score (nSPS) is 10.9. The quantitative estimate of drug-likeness (QED) is 0.750. The van der Waals surface area contributed by atoms with E-state index in [0.29, 0.717) is 11.2 Å². The lowest BCUT2D eigenvalue weighted by Crippen LogP contribution is -2.27. The van der Waals surface area contributed by atoms with Gasteiger partial charge in [-0.15, -0.1) is 0 Å². The molecule has 0 atom stereocenters. The molecule has 1 aromatic carbocycles. The predicted molar refractivity (Wildman–Crippen MR) is 97.8 cm³/mol. The highest BCUT2D eigenvalue weighted by atomic mass is 15.2. The first-order chi connectivity index (χ1) is 11.7. The Hall–Kier alpha value is -2.76. The summed E-state index contributed by atoms with van der Waals surface area (Å²) in [6, 6.07) is 9.99. The van der Waals surface area contributed by atoms with Crippen molar-refractivity contribution in [2.24, 2.45) is 0 Å². The molecule has 6 nitrogen and oxygen atoms in total. The molecule has 0 fully saturated rings. The number of rotatable bonds is 6. The Labute approximate surface area is 141 Å². The average Bonchev–Trinajstić information content (AvgIpc) is 2.61. The summed E-state index contributed by atoms with van der Waals surface area (Å²) < 4.78 is 0. The Bertz CT molecular complexity index is 812. The van der Waals surface area contributed by atoms with E-state index < -0.39 is 0 Å². The zero-order chi connectivity index (χ0) is 16.9. The van der Waals surface area contributed by atoms with Gasteiger partial charge in [0.15, 0.2) is 17.0 Å². The van der Waals surface area contributed by atoms with Crippen molar-refractivity contribution in [2.75, 3.05) is 23.7 Å². The van der Waals surface area contributed by atoms with Gasteiger partial charge in [-0.25, -0.2) is 9.97 Å². The molecule has 2 aromatic heterocycles. The topological polar surface area (TPSA) is 80.8 Å². The Morgan fingerprint density at radius 2 is 1.67 bits per heavy atom. The molecule has 3 aromatic rings. The Balaban J connectivity index is 2.16. The summed E-state index contributed by atoms with van der Waals surface area (Å²) in [5, 5.41) is 0. The lowest BCUT2D eigenvalue weighted by molar-refractivity contribution is 0.736. The van der Waals surface area contributed by atoms with Crippen molar-refractivity contribution in [3.05, 3.63) is 36.5 Å². The summed E-state index contributed by atoms with van der Waals surface area (Å²) in [5.74, 6) is 1.00. The maximum absolute atomic E-state index is 5.89. The van der Waals surface area contributed by atoms with E-state index in [4.69, 9.17) is 10.7 Å². The SMILES string of the molecule is CCCN(CCC)c1nc(N)nc2ncc(-c3ccccc3)nc12. The van der Waals surface area contributed by atoms with Gasteiger partial charge in [-0.1, -0.05) is 44.2 Å². The van der Waals surface area contributed by atoms with Crippen molar-refractivity contribution in [1.82, 2.24) is 19.9 Å². The van der Waals surface area contributed by atoms with Crippen LogP contribution in [0, 0.1) is 0 Å². The third kappa shape index (κ3) is 3.27. The van der Waals surface area contributed by atoms with E-state index in [1.165, 1.54) is 0 Å². The van der Waals surface area contributed by atoms with E-state index in [0.717, 1.165) is 43.0 Å². The van der Waals surface area contributed by atoms with Crippen LogP contribution in [0.5, 0.6) is 0 Å². The number of hydrogen-bond acceptors (Lipinski definition) is 6. The second-order valence-electron chi connectivity index (χ2n) is 5.69. The first-order valence-electron chi connectivity index (χ1n) is 8.33. The second-order valence-corrected chi connectivity index (χ2v) is 5.69. The van der Waals surface area contributed by atoms with Crippen LogP contribution in [0.2, 0.25) is 0 Å². The molecule has 124 valence electrons. The number of anilines is 2. The molecule has 0 radical (unpaired) electrons. The highest BCUT2D eigenvalue weighted by Crippen LogP contribution is 2.25. The number of fused-ring (bicyclic) bond motifs is 1. The number of nitrogens with zero attached hydrogens (tertiary/aromatic N) is 5. The van der Waals surface area contributed by atoms with Gasteiger partial charge < -0.3 is 10.6 Å². The molecule has 0 spiro atoms. The van der Waals surface area contributed by atoms with Crippen molar-refractivity contribution in [1.29, 1.82) is 0 Å². The number of benzene rings is 1. The molecule has 0 saturated carbocycles. The third-order valence-corrected chi connectivity index (χ3v) is 3.76. The number of nitrogens with two attached hydrogens (primary N) is 1. The van der Waals surface area contributed by atoms with Crippen molar-refractivity contribution in [2.45, 2.75) is 26.7 Å². The van der Waals surface area contributed by atoms with Crippen LogP contribution in [0.4, 0.5) is 11.8 Å². The van der Waals surface area contributed by atoms with Gasteiger partial charge in [0.2, 0.25) is 5.95 Å². The van der Waals surface area contributed by atoms with Gasteiger partial charge >= 0.3 is 0 Å². The maximum Gasteiger partial charge on any atom is 0.224 e. The summed E-state index contributed by atoms with van der Waals surface area (Å²) in [6.07, 6.45) is 3.78. The van der Waals surface area contributed by atoms with Crippen LogP contribution in [-0.4, -0.2) is 33.0 Å². The smallest absolute Gasteiger partial charge is 0.224 e. The van der Waals surface area contributed by atoms with E-state index in [1.807, 2.05) is 30.3 Å². The van der Waals surface area contributed by atoms with Gasteiger partial charge in [-0.2, -0.15) is 9.97 Å². The molecular formula is C18H22N6. The summed E-state index contributed by atoms with van der Waals surface area (Å²) in [7, 11) is 0. The molecule has 2 heterocycles. The van der Waals surface area contributed by atoms with Crippen LogP contribution in [0.15, 0.2) is 36.5 Å². The van der Waals surface area contributed by atoms with Gasteiger partial charge in [0, 0.05) is 18.7 Å². The fraction of sp³-hybridized carbons (Fsp3) is 0.333. The van der Waals surface area contributed by atoms with E-state index in [2.05, 4.69) is 33.7 Å². The molecule has 24 heavy (non-hydrogen) atoms. The van der Waals surface area contributed by atoms with Gasteiger partial charge in [-0.05, 0) is 12.8 Å². The number of nitrogen functional groups attached to an aromatic ring is 1. The molecule has 2 N–H and O–H groups in total. The summed E-state index contributed by atoms with van der Waals surface area (Å²) in [4.78, 5) is 20.2. The standard InChI is InChI=1S/C18H22N6/c1-3-10-24(11-4-2)17-15-16(22-18(19)23-17)20-12-14(21-15)13-8-6-5-7-9-13/h5-9,12H,3-4,10-11H2,1-2H3,(H2,19,20,22,23). The van der Waals surface area contributed by atoms with Crippen LogP contribution in [0.25, 0.3) is 22.4 Å². The molecule has 0 aliphatic heterocycles. The van der Waals surface area contributed by atoms with Gasteiger partial charge in [-0.3, -0.25) is 0 Å². The molecule has 0 unspecified atom stereocenters. The van der Waals surface area contributed by atoms with Crippen LogP contribution in [0.3, 0.4) is 0 Å². The molecule has 0 aliphatic carbocycles. The largest absolute Gasteiger partial charge is 0.368 e. The first-order valence-corrected chi connectivity index (χ1v) is 8.33. The fourth-order valence-electron chi connectivity index (χ4n) is 2.74. The van der Waals surface area contributed by atoms with Gasteiger partial charge in [0.1, 0.15) is 0 Å². The minimum absolute atomic E-state index is 0.233. The summed E-state index contributed by atoms with van der Waals surface area (Å²) >= 11 is 0. The summed E-state index contributed by atoms with van der Waals surface area (Å²) in [6.45, 7) is 6.10. The van der Waals surface area contributed by atoms with Crippen molar-refractivity contribution < 1.29 is 0 Å². The molecular weight excluding hydrogens is 300 g/mol. The number of aromatic nitrogens is 4. The fourth-order valence-corrected chi connectivity index (χ4v) is 2.74. The maximum atomic E-state index is 5.89. The van der Waals surface area contributed by atoms with Crippen molar-refractivity contribution in [3.63, 3.8) is 0 Å². The Morgan fingerprint density at radius 1 is 0.958 bits per heavy atom. The monoisotopic (exact) mass is 322 g/mol. The Morgan fingerprint density at radius 3 is 2.33 bits per heavy atom. The third-order valence-electron chi connectivity index (χ3n) is 3.76. The Kier molecular flexibility index (Phi) is 4.84. The molecule has 0 aliphatic rings. The zero-order valence-electron chi connectivity index (χ0n) is 14.1. The van der Waals surface area contributed by atoms with Crippen LogP contribution < -0.4 is 10.6 Å². The first kappa shape index (κ1) is 16.1. The minimum Gasteiger partial charge on any atom is -0.368 e. The van der Waals surface area contributed by atoms with Crippen molar-refractivity contribution >= 4 is 22.9 Å². The zero-order valence-corrected chi connectivity index (χ0v) is 14.1. The molecule has 0 bridgehead atoms. The van der Waals surface area contributed by atoms with Gasteiger partial charge in [0.25, 0.3) is 0 Å². The van der Waals surface area contributed by atoms with Gasteiger partial charge in [0.05, 0.1) is 11.9 Å². The van der Waals surface area contributed by atoms with E-state index in [-0.39, 0.29) is 5.95 Å².